The minimum atomic E-state index is -0.232. The van der Waals surface area contributed by atoms with Gasteiger partial charge in [0.1, 0.15) is 5.82 Å². The maximum Gasteiger partial charge on any atom is 0.225 e. The minimum absolute atomic E-state index is 0.0514. The van der Waals surface area contributed by atoms with E-state index in [0.29, 0.717) is 17.8 Å². The van der Waals surface area contributed by atoms with Crippen molar-refractivity contribution in [3.05, 3.63) is 51.7 Å². The van der Waals surface area contributed by atoms with Crippen molar-refractivity contribution >= 4 is 22.2 Å². The second kappa shape index (κ2) is 5.94. The van der Waals surface area contributed by atoms with Crippen LogP contribution >= 0.6 is 11.3 Å². The van der Waals surface area contributed by atoms with Crippen LogP contribution in [0.4, 0.5) is 9.39 Å². The Morgan fingerprint density at radius 2 is 1.88 bits per heavy atom. The van der Waals surface area contributed by atoms with Gasteiger partial charge in [-0.25, -0.2) is 4.39 Å². The second-order valence-corrected chi connectivity index (χ2v) is 9.51. The average Bonchev–Trinajstić information content (AvgIpc) is 2.91. The van der Waals surface area contributed by atoms with Gasteiger partial charge >= 0.3 is 0 Å². The summed E-state index contributed by atoms with van der Waals surface area (Å²) in [5.41, 5.74) is 4.08. The number of halogens is 1. The van der Waals surface area contributed by atoms with Gasteiger partial charge in [0.05, 0.1) is 5.00 Å². The zero-order valence-corrected chi connectivity index (χ0v) is 15.8. The summed E-state index contributed by atoms with van der Waals surface area (Å²) in [5.74, 6) is 0.563. The van der Waals surface area contributed by atoms with Crippen LogP contribution in [-0.4, -0.2) is 5.91 Å². The zero-order valence-electron chi connectivity index (χ0n) is 15.0. The van der Waals surface area contributed by atoms with Crippen molar-refractivity contribution in [2.24, 2.45) is 11.3 Å². The van der Waals surface area contributed by atoms with E-state index in [1.807, 2.05) is 12.1 Å². The number of anilines is 1. The van der Waals surface area contributed by atoms with Crippen LogP contribution < -0.4 is 5.32 Å². The SMILES string of the molecule is CC(C)(C)[C@@H]1CCc2c(sc3c2[C@@H](c2ccc(F)cc2)CC(=O)N3)C1. The first kappa shape index (κ1) is 16.8. The molecule has 1 amide bonds. The number of hydrogen-bond donors (Lipinski definition) is 1. The Morgan fingerprint density at radius 1 is 1.16 bits per heavy atom. The standard InChI is InChI=1S/C21H24FNOS/c1-21(2,3)13-6-9-15-17(10-13)25-20-19(15)16(11-18(24)23-20)12-4-7-14(22)8-5-12/h4-5,7-8,13,16H,6,9-11H2,1-3H3,(H,23,24)/t13-,16-/m1/s1. The molecule has 4 rings (SSSR count). The van der Waals surface area contributed by atoms with Gasteiger partial charge in [-0.15, -0.1) is 11.3 Å². The third-order valence-electron chi connectivity index (χ3n) is 5.79. The number of carbonyl (C=O) groups excluding carboxylic acids is 1. The summed E-state index contributed by atoms with van der Waals surface area (Å²) in [4.78, 5) is 13.7. The first-order valence-corrected chi connectivity index (χ1v) is 9.84. The van der Waals surface area contributed by atoms with Gasteiger partial charge in [-0.2, -0.15) is 0 Å². The number of benzene rings is 1. The van der Waals surface area contributed by atoms with Gasteiger partial charge in [0.15, 0.2) is 0 Å². The highest BCUT2D eigenvalue weighted by atomic mass is 32.1. The van der Waals surface area contributed by atoms with Crippen LogP contribution in [-0.2, 0) is 17.6 Å². The molecule has 4 heteroatoms. The van der Waals surface area contributed by atoms with Crippen molar-refractivity contribution in [3.63, 3.8) is 0 Å². The maximum atomic E-state index is 13.3. The van der Waals surface area contributed by atoms with E-state index in [9.17, 15) is 9.18 Å². The van der Waals surface area contributed by atoms with Crippen LogP contribution in [0.3, 0.4) is 0 Å². The molecule has 0 radical (unpaired) electrons. The van der Waals surface area contributed by atoms with E-state index in [1.54, 1.807) is 11.3 Å². The molecule has 132 valence electrons. The van der Waals surface area contributed by atoms with Gasteiger partial charge in [0.2, 0.25) is 5.91 Å². The quantitative estimate of drug-likeness (QED) is 0.716. The number of thiophene rings is 1. The molecular formula is C21H24FNOS. The lowest BCUT2D eigenvalue weighted by molar-refractivity contribution is -0.116. The summed E-state index contributed by atoms with van der Waals surface area (Å²) in [6, 6.07) is 6.65. The van der Waals surface area contributed by atoms with Crippen molar-refractivity contribution in [1.29, 1.82) is 0 Å². The number of amides is 1. The average molecular weight is 357 g/mol. The number of rotatable bonds is 1. The molecule has 2 nitrogen and oxygen atoms in total. The Hall–Kier alpha value is -1.68. The normalized spacial score (nSPS) is 23.0. The monoisotopic (exact) mass is 357 g/mol. The molecule has 2 aromatic rings. The Kier molecular flexibility index (Phi) is 3.99. The minimum Gasteiger partial charge on any atom is -0.317 e. The molecule has 2 heterocycles. The van der Waals surface area contributed by atoms with Gasteiger partial charge in [-0.3, -0.25) is 4.79 Å². The highest BCUT2D eigenvalue weighted by Crippen LogP contribution is 2.50. The summed E-state index contributed by atoms with van der Waals surface area (Å²) < 4.78 is 13.3. The van der Waals surface area contributed by atoms with Crippen LogP contribution in [0.25, 0.3) is 0 Å². The summed E-state index contributed by atoms with van der Waals surface area (Å²) in [5, 5.41) is 4.11. The molecule has 2 atom stereocenters. The van der Waals surface area contributed by atoms with Crippen molar-refractivity contribution in [3.8, 4) is 0 Å². The smallest absolute Gasteiger partial charge is 0.225 e. The maximum absolute atomic E-state index is 13.3. The molecule has 0 bridgehead atoms. The van der Waals surface area contributed by atoms with Crippen molar-refractivity contribution in [2.75, 3.05) is 5.32 Å². The molecule has 1 N–H and O–H groups in total. The molecule has 1 aromatic heterocycles. The fraction of sp³-hybridized carbons (Fsp3) is 0.476. The van der Waals surface area contributed by atoms with Crippen molar-refractivity contribution in [1.82, 2.24) is 0 Å². The predicted molar refractivity (Wildman–Crippen MR) is 101 cm³/mol. The fourth-order valence-electron chi connectivity index (χ4n) is 4.26. The number of hydrogen-bond acceptors (Lipinski definition) is 2. The zero-order chi connectivity index (χ0) is 17.8. The van der Waals surface area contributed by atoms with E-state index in [0.717, 1.165) is 23.4 Å². The molecule has 1 aliphatic heterocycles. The second-order valence-electron chi connectivity index (χ2n) is 8.41. The first-order valence-electron chi connectivity index (χ1n) is 9.02. The van der Waals surface area contributed by atoms with Crippen molar-refractivity contribution < 1.29 is 9.18 Å². The summed E-state index contributed by atoms with van der Waals surface area (Å²) >= 11 is 1.76. The molecule has 0 fully saturated rings. The first-order chi connectivity index (χ1) is 11.8. The van der Waals surface area contributed by atoms with Gasteiger partial charge in [-0.1, -0.05) is 32.9 Å². The highest BCUT2D eigenvalue weighted by Gasteiger charge is 2.37. The van der Waals surface area contributed by atoms with Crippen LogP contribution in [0, 0.1) is 17.2 Å². The van der Waals surface area contributed by atoms with Crippen LogP contribution in [0.15, 0.2) is 24.3 Å². The number of fused-ring (bicyclic) bond motifs is 3. The Morgan fingerprint density at radius 3 is 2.56 bits per heavy atom. The summed E-state index contributed by atoms with van der Waals surface area (Å²) in [7, 11) is 0. The van der Waals surface area contributed by atoms with Crippen LogP contribution in [0.1, 0.15) is 61.1 Å². The van der Waals surface area contributed by atoms with E-state index in [4.69, 9.17) is 0 Å². The summed E-state index contributed by atoms with van der Waals surface area (Å²) in [6.45, 7) is 6.96. The Bertz CT molecular complexity index is 816. The topological polar surface area (TPSA) is 29.1 Å². The van der Waals surface area contributed by atoms with E-state index in [1.165, 1.54) is 34.6 Å². The summed E-state index contributed by atoms with van der Waals surface area (Å²) in [6.07, 6.45) is 3.83. The number of nitrogens with one attached hydrogen (secondary N) is 1. The fourth-order valence-corrected chi connectivity index (χ4v) is 5.66. The molecule has 2 aliphatic rings. The molecule has 1 aliphatic carbocycles. The molecule has 0 saturated carbocycles. The van der Waals surface area contributed by atoms with E-state index >= 15 is 0 Å². The third kappa shape index (κ3) is 3.01. The van der Waals surface area contributed by atoms with Gasteiger partial charge in [0.25, 0.3) is 0 Å². The molecule has 1 aromatic carbocycles. The molecule has 0 saturated heterocycles. The molecule has 0 unspecified atom stereocenters. The lowest BCUT2D eigenvalue weighted by Gasteiger charge is -2.34. The lowest BCUT2D eigenvalue weighted by atomic mass is 9.71. The van der Waals surface area contributed by atoms with Crippen LogP contribution in [0.2, 0.25) is 0 Å². The van der Waals surface area contributed by atoms with E-state index in [-0.39, 0.29) is 17.6 Å². The predicted octanol–water partition coefficient (Wildman–Crippen LogP) is 5.51. The van der Waals surface area contributed by atoms with Crippen LogP contribution in [0.5, 0.6) is 0 Å². The van der Waals surface area contributed by atoms with Gasteiger partial charge in [-0.05, 0) is 59.4 Å². The Balaban J connectivity index is 1.76. The molecule has 25 heavy (non-hydrogen) atoms. The van der Waals surface area contributed by atoms with Gasteiger partial charge in [0, 0.05) is 17.2 Å². The molecular weight excluding hydrogens is 333 g/mol. The van der Waals surface area contributed by atoms with E-state index < -0.39 is 0 Å². The largest absolute Gasteiger partial charge is 0.317 e. The van der Waals surface area contributed by atoms with Gasteiger partial charge < -0.3 is 5.32 Å². The lowest BCUT2D eigenvalue weighted by Crippen LogP contribution is -2.27. The molecule has 0 spiro atoms. The van der Waals surface area contributed by atoms with Crippen molar-refractivity contribution in [2.45, 2.75) is 52.4 Å². The highest BCUT2D eigenvalue weighted by molar-refractivity contribution is 7.16. The van der Waals surface area contributed by atoms with E-state index in [2.05, 4.69) is 26.1 Å². The number of carbonyl (C=O) groups is 1. The third-order valence-corrected chi connectivity index (χ3v) is 6.98. The Labute approximate surface area is 152 Å².